The molecule has 4 N–H and O–H groups in total. The number of anilines is 2. The van der Waals surface area contributed by atoms with Gasteiger partial charge in [-0.15, -0.1) is 11.8 Å². The summed E-state index contributed by atoms with van der Waals surface area (Å²) in [7, 11) is 0. The smallest absolute Gasteiger partial charge is 0.224 e. The standard InChI is InChI=1S/C31H43N7OS/c1-30(39)7-5-20(6-8-30)16-34-26-23-10-21-11-24(26)14-31(12-21,13-23)19-37-27-25(15-32)18-36-29(38-27)35-17-22-4-3-9-33-28(22)40-2/h3-4,9,18,20-21,23-24,26,34,39H,5-8,10-14,16-17,19H2,1-2H3,(H2,35,36,37,38)/t20?,21?,23-,24+,26?,30?,31?. The van der Waals surface area contributed by atoms with E-state index in [1.165, 1.54) is 32.1 Å². The van der Waals surface area contributed by atoms with Crippen LogP contribution >= 0.6 is 11.8 Å². The monoisotopic (exact) mass is 561 g/mol. The van der Waals surface area contributed by atoms with Gasteiger partial charge in [-0.1, -0.05) is 6.07 Å². The van der Waals surface area contributed by atoms with Gasteiger partial charge in [-0.05, 0) is 113 Å². The molecule has 3 unspecified atom stereocenters. The van der Waals surface area contributed by atoms with Crippen molar-refractivity contribution in [3.8, 4) is 6.07 Å². The maximum Gasteiger partial charge on any atom is 0.224 e. The van der Waals surface area contributed by atoms with E-state index in [0.717, 1.165) is 67.1 Å². The van der Waals surface area contributed by atoms with Crippen molar-refractivity contribution in [2.45, 2.75) is 87.9 Å². The fourth-order valence-electron chi connectivity index (χ4n) is 8.42. The summed E-state index contributed by atoms with van der Waals surface area (Å²) in [6, 6.07) is 6.91. The fourth-order valence-corrected chi connectivity index (χ4v) is 8.99. The summed E-state index contributed by atoms with van der Waals surface area (Å²) in [6.07, 6.45) is 16.1. The van der Waals surface area contributed by atoms with E-state index in [2.05, 4.69) is 38.1 Å². The minimum Gasteiger partial charge on any atom is -0.390 e. The van der Waals surface area contributed by atoms with E-state index in [1.807, 2.05) is 19.2 Å². The summed E-state index contributed by atoms with van der Waals surface area (Å²) in [4.78, 5) is 13.6. The van der Waals surface area contributed by atoms with Crippen molar-refractivity contribution < 1.29 is 5.11 Å². The van der Waals surface area contributed by atoms with Gasteiger partial charge in [0, 0.05) is 30.9 Å². The summed E-state index contributed by atoms with van der Waals surface area (Å²) in [5, 5.41) is 32.0. The second-order valence-corrected chi connectivity index (χ2v) is 14.1. The number of aromatic nitrogens is 3. The molecule has 8 nitrogen and oxygen atoms in total. The molecule has 0 saturated heterocycles. The second-order valence-electron chi connectivity index (χ2n) is 13.3. The van der Waals surface area contributed by atoms with Crippen LogP contribution in [0.4, 0.5) is 11.8 Å². The highest BCUT2D eigenvalue weighted by Crippen LogP contribution is 2.60. The topological polar surface area (TPSA) is 119 Å². The molecule has 40 heavy (non-hydrogen) atoms. The molecular weight excluding hydrogens is 518 g/mol. The van der Waals surface area contributed by atoms with Gasteiger partial charge in [0.25, 0.3) is 0 Å². The fraction of sp³-hybridized carbons (Fsp3) is 0.677. The largest absolute Gasteiger partial charge is 0.390 e. The average molecular weight is 562 g/mol. The van der Waals surface area contributed by atoms with Crippen LogP contribution in [0.25, 0.3) is 0 Å². The number of aliphatic hydroxyl groups is 1. The lowest BCUT2D eigenvalue weighted by Crippen LogP contribution is -2.60. The van der Waals surface area contributed by atoms with Crippen LogP contribution in [0.3, 0.4) is 0 Å². The number of nitrogens with zero attached hydrogens (tertiary/aromatic N) is 4. The number of rotatable bonds is 10. The molecule has 5 saturated carbocycles. The molecule has 5 fully saturated rings. The first-order valence-electron chi connectivity index (χ1n) is 15.0. The zero-order valence-corrected chi connectivity index (χ0v) is 24.6. The number of nitrogens with one attached hydrogen (secondary N) is 3. The van der Waals surface area contributed by atoms with Crippen molar-refractivity contribution >= 4 is 23.5 Å². The van der Waals surface area contributed by atoms with Crippen LogP contribution in [-0.4, -0.2) is 51.0 Å². The van der Waals surface area contributed by atoms with E-state index in [9.17, 15) is 10.4 Å². The maximum atomic E-state index is 10.3. The average Bonchev–Trinajstić information content (AvgIpc) is 2.95. The molecule has 0 aliphatic heterocycles. The number of hydrogen-bond acceptors (Lipinski definition) is 9. The highest BCUT2D eigenvalue weighted by Gasteiger charge is 2.55. The summed E-state index contributed by atoms with van der Waals surface area (Å²) < 4.78 is 0. The summed E-state index contributed by atoms with van der Waals surface area (Å²) in [6.45, 7) is 4.54. The molecule has 5 aliphatic rings. The summed E-state index contributed by atoms with van der Waals surface area (Å²) in [5.41, 5.74) is 1.42. The van der Waals surface area contributed by atoms with Crippen LogP contribution in [0.1, 0.15) is 75.8 Å². The lowest BCUT2D eigenvalue weighted by atomic mass is 9.48. The van der Waals surface area contributed by atoms with E-state index in [4.69, 9.17) is 4.98 Å². The highest BCUT2D eigenvalue weighted by molar-refractivity contribution is 7.98. The maximum absolute atomic E-state index is 10.3. The Morgan fingerprint density at radius 2 is 1.90 bits per heavy atom. The first-order valence-corrected chi connectivity index (χ1v) is 16.3. The lowest BCUT2D eigenvalue weighted by Gasteiger charge is -2.60. The SMILES string of the molecule is CSc1ncccc1CNc1ncc(C#N)c(NCC23CC4C[C@H](C2)C(NCC2CCC(C)(O)CC2)[C@@H](C4)C3)n1. The first kappa shape index (κ1) is 27.7. The molecule has 7 rings (SSSR count). The molecule has 2 heterocycles. The van der Waals surface area contributed by atoms with Crippen molar-refractivity contribution in [3.05, 3.63) is 35.7 Å². The molecule has 5 atom stereocenters. The zero-order valence-electron chi connectivity index (χ0n) is 23.8. The van der Waals surface area contributed by atoms with Crippen molar-refractivity contribution in [2.24, 2.45) is 29.1 Å². The third kappa shape index (κ3) is 5.95. The van der Waals surface area contributed by atoms with Gasteiger partial charge in [0.15, 0.2) is 0 Å². The van der Waals surface area contributed by atoms with Crippen molar-refractivity contribution in [1.82, 2.24) is 20.3 Å². The van der Waals surface area contributed by atoms with Crippen LogP contribution < -0.4 is 16.0 Å². The van der Waals surface area contributed by atoms with Gasteiger partial charge in [0.2, 0.25) is 5.95 Å². The highest BCUT2D eigenvalue weighted by atomic mass is 32.2. The Morgan fingerprint density at radius 3 is 2.62 bits per heavy atom. The number of thioether (sulfide) groups is 1. The van der Waals surface area contributed by atoms with Crippen LogP contribution in [0.15, 0.2) is 29.6 Å². The van der Waals surface area contributed by atoms with E-state index in [-0.39, 0.29) is 5.41 Å². The molecule has 5 aliphatic carbocycles. The Labute approximate surface area is 242 Å². The molecule has 2 aromatic rings. The van der Waals surface area contributed by atoms with Crippen molar-refractivity contribution in [3.63, 3.8) is 0 Å². The van der Waals surface area contributed by atoms with Gasteiger partial charge in [-0.3, -0.25) is 0 Å². The van der Waals surface area contributed by atoms with Gasteiger partial charge in [0.1, 0.15) is 22.5 Å². The van der Waals surface area contributed by atoms with Gasteiger partial charge in [0.05, 0.1) is 11.8 Å². The quantitative estimate of drug-likeness (QED) is 0.290. The van der Waals surface area contributed by atoms with Crippen LogP contribution in [0.2, 0.25) is 0 Å². The molecule has 214 valence electrons. The number of nitriles is 1. The van der Waals surface area contributed by atoms with Gasteiger partial charge >= 0.3 is 0 Å². The van der Waals surface area contributed by atoms with Gasteiger partial charge in [-0.25, -0.2) is 9.97 Å². The molecule has 4 bridgehead atoms. The van der Waals surface area contributed by atoms with Crippen molar-refractivity contribution in [1.29, 1.82) is 5.26 Å². The predicted molar refractivity (Wildman–Crippen MR) is 159 cm³/mol. The molecular formula is C31H43N7OS. The predicted octanol–water partition coefficient (Wildman–Crippen LogP) is 5.21. The van der Waals surface area contributed by atoms with Crippen LogP contribution in [0.5, 0.6) is 0 Å². The normalized spacial score (nSPS) is 34.4. The summed E-state index contributed by atoms with van der Waals surface area (Å²) in [5.74, 6) is 4.16. The van der Waals surface area contributed by atoms with Gasteiger partial charge in [-0.2, -0.15) is 10.2 Å². The third-order valence-corrected chi connectivity index (χ3v) is 11.0. The Kier molecular flexibility index (Phi) is 7.95. The molecule has 0 aromatic carbocycles. The molecule has 2 aromatic heterocycles. The number of pyridine rings is 1. The first-order chi connectivity index (χ1) is 19.4. The van der Waals surface area contributed by atoms with Crippen LogP contribution in [0, 0.1) is 40.4 Å². The van der Waals surface area contributed by atoms with E-state index in [1.54, 1.807) is 24.2 Å². The minimum absolute atomic E-state index is 0.284. The second kappa shape index (κ2) is 11.5. The third-order valence-electron chi connectivity index (χ3n) is 10.2. The van der Waals surface area contributed by atoms with Crippen LogP contribution in [-0.2, 0) is 6.54 Å². The Morgan fingerprint density at radius 1 is 1.12 bits per heavy atom. The lowest BCUT2D eigenvalue weighted by molar-refractivity contribution is -0.0711. The minimum atomic E-state index is -0.457. The van der Waals surface area contributed by atoms with E-state index < -0.39 is 5.60 Å². The Bertz CT molecular complexity index is 1220. The van der Waals surface area contributed by atoms with E-state index in [0.29, 0.717) is 35.8 Å². The Hall–Kier alpha value is -2.41. The van der Waals surface area contributed by atoms with Crippen molar-refractivity contribution in [2.75, 3.05) is 30.0 Å². The summed E-state index contributed by atoms with van der Waals surface area (Å²) >= 11 is 1.62. The number of hydrogen-bond donors (Lipinski definition) is 4. The van der Waals surface area contributed by atoms with Gasteiger partial charge < -0.3 is 21.1 Å². The molecule has 9 heteroatoms. The molecule has 0 radical (unpaired) electrons. The molecule has 0 spiro atoms. The van der Waals surface area contributed by atoms with E-state index >= 15 is 0 Å². The Balaban J connectivity index is 1.07. The molecule has 0 amide bonds. The zero-order chi connectivity index (χ0) is 27.7.